The molecule has 0 aliphatic carbocycles. The van der Waals surface area contributed by atoms with Crippen LogP contribution in [0, 0.1) is 0 Å². The van der Waals surface area contributed by atoms with Crippen LogP contribution in [-0.4, -0.2) is 36.3 Å². The summed E-state index contributed by atoms with van der Waals surface area (Å²) in [6.45, 7) is -1.18. The zero-order valence-corrected chi connectivity index (χ0v) is 14.5. The van der Waals surface area contributed by atoms with E-state index in [1.54, 1.807) is 0 Å². The quantitative estimate of drug-likeness (QED) is 0.701. The van der Waals surface area contributed by atoms with Crippen molar-refractivity contribution in [3.63, 3.8) is 0 Å². The highest BCUT2D eigenvalue weighted by molar-refractivity contribution is 6.02. The van der Waals surface area contributed by atoms with Crippen LogP contribution in [0.2, 0.25) is 0 Å². The van der Waals surface area contributed by atoms with Crippen LogP contribution in [0.1, 0.15) is 17.9 Å². The number of nitrogens with zero attached hydrogens (tertiary/aromatic N) is 1. The molecule has 0 saturated heterocycles. The zero-order valence-electron chi connectivity index (χ0n) is 14.5. The minimum atomic E-state index is -4.45. The van der Waals surface area contributed by atoms with E-state index in [1.165, 1.54) is 18.3 Å². The van der Waals surface area contributed by atoms with Crippen molar-refractivity contribution in [2.45, 2.75) is 18.5 Å². The monoisotopic (exact) mass is 394 g/mol. The van der Waals surface area contributed by atoms with E-state index < -0.39 is 18.8 Å². The molecule has 1 aliphatic rings. The molecule has 1 aromatic heterocycles. The first-order chi connectivity index (χ1) is 13.3. The van der Waals surface area contributed by atoms with Gasteiger partial charge in [-0.1, -0.05) is 18.2 Å². The molecule has 3 rings (SSSR count). The van der Waals surface area contributed by atoms with Gasteiger partial charge < -0.3 is 20.7 Å². The third-order valence-electron chi connectivity index (χ3n) is 4.01. The lowest BCUT2D eigenvalue weighted by molar-refractivity contribution is -0.154. The van der Waals surface area contributed by atoms with Gasteiger partial charge in [-0.05, 0) is 24.1 Å². The van der Waals surface area contributed by atoms with E-state index in [2.05, 4.69) is 25.7 Å². The van der Waals surface area contributed by atoms with E-state index in [4.69, 9.17) is 0 Å². The molecule has 10 heteroatoms. The summed E-state index contributed by atoms with van der Waals surface area (Å²) in [6, 6.07) is 9.45. The number of pyridine rings is 1. The molecule has 2 heterocycles. The highest BCUT2D eigenvalue weighted by Gasteiger charge is 2.30. The second-order valence-corrected chi connectivity index (χ2v) is 6.09. The average Bonchev–Trinajstić information content (AvgIpc) is 2.96. The van der Waals surface area contributed by atoms with Crippen LogP contribution < -0.4 is 20.7 Å². The standard InChI is InChI=1S/C18H17F3N4O3/c19-18(20,21)10-28-15-6-5-11(9-23-15)24-17(27)22-8-7-13-12-3-1-2-4-14(12)25-16(13)26/h1-6,9,13H,7-8,10H2,(H,25,26)(H2,22,24,27). The number of benzene rings is 1. The molecule has 0 fully saturated rings. The minimum absolute atomic E-state index is 0.109. The van der Waals surface area contributed by atoms with Crippen LogP contribution >= 0.6 is 0 Å². The number of carbonyl (C=O) groups excluding carboxylic acids is 2. The molecule has 28 heavy (non-hydrogen) atoms. The van der Waals surface area contributed by atoms with Crippen molar-refractivity contribution in [2.24, 2.45) is 0 Å². The van der Waals surface area contributed by atoms with Gasteiger partial charge in [-0.2, -0.15) is 13.2 Å². The summed E-state index contributed by atoms with van der Waals surface area (Å²) < 4.78 is 40.7. The van der Waals surface area contributed by atoms with E-state index in [-0.39, 0.29) is 24.2 Å². The molecule has 0 bridgehead atoms. The van der Waals surface area contributed by atoms with Crippen LogP contribution in [0.15, 0.2) is 42.6 Å². The number of urea groups is 1. The summed E-state index contributed by atoms with van der Waals surface area (Å²) in [5.41, 5.74) is 1.97. The number of alkyl halides is 3. The molecular formula is C18H17F3N4O3. The van der Waals surface area contributed by atoms with Crippen molar-refractivity contribution in [3.05, 3.63) is 48.2 Å². The Morgan fingerprint density at radius 1 is 1.21 bits per heavy atom. The number of nitrogens with one attached hydrogen (secondary N) is 3. The number of anilines is 2. The summed E-state index contributed by atoms with van der Waals surface area (Å²) in [7, 11) is 0. The highest BCUT2D eigenvalue weighted by atomic mass is 19.4. The van der Waals surface area contributed by atoms with Gasteiger partial charge in [0, 0.05) is 18.3 Å². The topological polar surface area (TPSA) is 92.4 Å². The van der Waals surface area contributed by atoms with Gasteiger partial charge in [-0.25, -0.2) is 9.78 Å². The van der Waals surface area contributed by atoms with Gasteiger partial charge in [-0.15, -0.1) is 0 Å². The van der Waals surface area contributed by atoms with Gasteiger partial charge in [0.15, 0.2) is 6.61 Å². The molecule has 0 spiro atoms. The van der Waals surface area contributed by atoms with Crippen molar-refractivity contribution < 1.29 is 27.5 Å². The van der Waals surface area contributed by atoms with Crippen molar-refractivity contribution in [1.82, 2.24) is 10.3 Å². The molecule has 3 amide bonds. The first-order valence-corrected chi connectivity index (χ1v) is 8.42. The normalized spacial score (nSPS) is 15.5. The van der Waals surface area contributed by atoms with Crippen molar-refractivity contribution in [3.8, 4) is 5.88 Å². The van der Waals surface area contributed by atoms with Gasteiger partial charge >= 0.3 is 12.2 Å². The van der Waals surface area contributed by atoms with Gasteiger partial charge in [0.05, 0.1) is 17.8 Å². The van der Waals surface area contributed by atoms with E-state index in [0.717, 1.165) is 11.3 Å². The molecule has 1 aliphatic heterocycles. The lowest BCUT2D eigenvalue weighted by atomic mass is 9.97. The largest absolute Gasteiger partial charge is 0.468 e. The number of hydrogen-bond donors (Lipinski definition) is 3. The molecular weight excluding hydrogens is 377 g/mol. The summed E-state index contributed by atoms with van der Waals surface area (Å²) in [5.74, 6) is -0.639. The van der Waals surface area contributed by atoms with E-state index in [0.29, 0.717) is 12.1 Å². The SMILES string of the molecule is O=C(NCCC1C(=O)Nc2ccccc21)Nc1ccc(OCC(F)(F)F)nc1. The van der Waals surface area contributed by atoms with E-state index >= 15 is 0 Å². The maximum atomic E-state index is 12.1. The fourth-order valence-corrected chi connectivity index (χ4v) is 2.76. The first kappa shape index (κ1) is 19.5. The number of aromatic nitrogens is 1. The molecule has 1 aromatic carbocycles. The minimum Gasteiger partial charge on any atom is -0.468 e. The van der Waals surface area contributed by atoms with E-state index in [1.807, 2.05) is 24.3 Å². The number of rotatable bonds is 6. The number of amides is 3. The predicted octanol–water partition coefficient (Wildman–Crippen LogP) is 3.27. The number of carbonyl (C=O) groups is 2. The molecule has 0 radical (unpaired) electrons. The van der Waals surface area contributed by atoms with Gasteiger partial charge in [0.1, 0.15) is 0 Å². The number of hydrogen-bond acceptors (Lipinski definition) is 4. The smallest absolute Gasteiger partial charge is 0.422 e. The molecule has 1 unspecified atom stereocenters. The molecule has 0 saturated carbocycles. The second kappa shape index (κ2) is 8.15. The number of para-hydroxylation sites is 1. The van der Waals surface area contributed by atoms with Crippen LogP contribution in [-0.2, 0) is 4.79 Å². The summed E-state index contributed by atoms with van der Waals surface area (Å²) in [4.78, 5) is 27.6. The third-order valence-corrected chi connectivity index (χ3v) is 4.01. The molecule has 3 N–H and O–H groups in total. The Hall–Kier alpha value is -3.30. The van der Waals surface area contributed by atoms with Gasteiger partial charge in [0.25, 0.3) is 0 Å². The fraction of sp³-hybridized carbons (Fsp3) is 0.278. The van der Waals surface area contributed by atoms with Crippen LogP contribution in [0.5, 0.6) is 5.88 Å². The first-order valence-electron chi connectivity index (χ1n) is 8.42. The molecule has 7 nitrogen and oxygen atoms in total. The lowest BCUT2D eigenvalue weighted by Gasteiger charge is -2.11. The van der Waals surface area contributed by atoms with Gasteiger partial charge in [-0.3, -0.25) is 4.79 Å². The zero-order chi connectivity index (χ0) is 20.1. The maximum Gasteiger partial charge on any atom is 0.422 e. The third kappa shape index (κ3) is 5.12. The number of fused-ring (bicyclic) bond motifs is 1. The molecule has 148 valence electrons. The van der Waals surface area contributed by atoms with Crippen LogP contribution in [0.3, 0.4) is 0 Å². The average molecular weight is 394 g/mol. The van der Waals surface area contributed by atoms with Crippen molar-refractivity contribution >= 4 is 23.3 Å². The molecule has 1 atom stereocenters. The molecule has 2 aromatic rings. The highest BCUT2D eigenvalue weighted by Crippen LogP contribution is 2.33. The Kier molecular flexibility index (Phi) is 5.67. The number of halogens is 3. The summed E-state index contributed by atoms with van der Waals surface area (Å²) in [5, 5.41) is 7.93. The Morgan fingerprint density at radius 3 is 2.71 bits per heavy atom. The Balaban J connectivity index is 1.44. The Bertz CT molecular complexity index is 856. The maximum absolute atomic E-state index is 12.1. The Labute approximate surface area is 158 Å². The van der Waals surface area contributed by atoms with Crippen LogP contribution in [0.4, 0.5) is 29.3 Å². The van der Waals surface area contributed by atoms with Crippen molar-refractivity contribution in [2.75, 3.05) is 23.8 Å². The summed E-state index contributed by atoms with van der Waals surface area (Å²) >= 11 is 0. The predicted molar refractivity (Wildman–Crippen MR) is 95.2 cm³/mol. The lowest BCUT2D eigenvalue weighted by Crippen LogP contribution is -2.31. The Morgan fingerprint density at radius 2 is 2.00 bits per heavy atom. The van der Waals surface area contributed by atoms with Crippen LogP contribution in [0.25, 0.3) is 0 Å². The number of ether oxygens (including phenoxy) is 1. The second-order valence-electron chi connectivity index (χ2n) is 6.09. The van der Waals surface area contributed by atoms with Gasteiger partial charge in [0.2, 0.25) is 11.8 Å². The summed E-state index contributed by atoms with van der Waals surface area (Å²) in [6.07, 6.45) is -2.83. The van der Waals surface area contributed by atoms with Crippen molar-refractivity contribution in [1.29, 1.82) is 0 Å². The van der Waals surface area contributed by atoms with E-state index in [9.17, 15) is 22.8 Å². The fourth-order valence-electron chi connectivity index (χ4n) is 2.76.